The van der Waals surface area contributed by atoms with Gasteiger partial charge < -0.3 is 30.3 Å². The fourth-order valence-electron chi connectivity index (χ4n) is 5.13. The number of carbonyl (C=O) groups excluding carboxylic acids is 5. The fourth-order valence-corrected chi connectivity index (χ4v) is 7.28. The second-order valence-electron chi connectivity index (χ2n) is 12.6. The number of benzene rings is 3. The maximum Gasteiger partial charge on any atom is 0.410 e. The number of ether oxygens (including phenoxy) is 2. The highest BCUT2D eigenvalue weighted by Crippen LogP contribution is 2.38. The van der Waals surface area contributed by atoms with Gasteiger partial charge in [-0.05, 0) is 86.9 Å². The van der Waals surface area contributed by atoms with E-state index in [9.17, 15) is 24.0 Å². The van der Waals surface area contributed by atoms with Crippen molar-refractivity contribution in [2.24, 2.45) is 0 Å². The number of fused-ring (bicyclic) bond motifs is 1. The molecule has 5 rings (SSSR count). The lowest BCUT2D eigenvalue weighted by Gasteiger charge is -2.30. The Labute approximate surface area is 314 Å². The van der Waals surface area contributed by atoms with Gasteiger partial charge in [-0.1, -0.05) is 48.0 Å². The third-order valence-corrected chi connectivity index (χ3v) is 9.90. The number of nitrogens with zero attached hydrogens (tertiary/aromatic N) is 1. The van der Waals surface area contributed by atoms with Crippen molar-refractivity contribution in [3.63, 3.8) is 0 Å². The normalized spacial score (nSPS) is 12.7. The summed E-state index contributed by atoms with van der Waals surface area (Å²) in [7, 11) is 1.28. The van der Waals surface area contributed by atoms with Gasteiger partial charge in [-0.2, -0.15) is 0 Å². The number of halogens is 1. The molecule has 0 bridgehead atoms. The molecule has 11 nitrogen and oxygen atoms in total. The number of thioether (sulfide) groups is 1. The molecule has 4 amide bonds. The van der Waals surface area contributed by atoms with Crippen molar-refractivity contribution in [1.82, 2.24) is 10.2 Å². The molecule has 0 saturated carbocycles. The average molecular weight is 761 g/mol. The maximum atomic E-state index is 13.5. The van der Waals surface area contributed by atoms with Crippen molar-refractivity contribution in [1.29, 1.82) is 0 Å². The van der Waals surface area contributed by atoms with Gasteiger partial charge in [0.2, 0.25) is 5.91 Å². The molecule has 0 spiro atoms. The van der Waals surface area contributed by atoms with Gasteiger partial charge in [0.25, 0.3) is 11.8 Å². The molecule has 0 unspecified atom stereocenters. The average Bonchev–Trinajstić information content (AvgIpc) is 3.47. The second-order valence-corrected chi connectivity index (χ2v) is 15.2. The molecule has 0 radical (unpaired) electrons. The zero-order valence-corrected chi connectivity index (χ0v) is 31.3. The Morgan fingerprint density at radius 1 is 0.962 bits per heavy atom. The van der Waals surface area contributed by atoms with Crippen molar-refractivity contribution < 1.29 is 33.4 Å². The summed E-state index contributed by atoms with van der Waals surface area (Å²) in [4.78, 5) is 68.2. The number of rotatable bonds is 10. The van der Waals surface area contributed by atoms with E-state index in [-0.39, 0.29) is 29.5 Å². The van der Waals surface area contributed by atoms with Crippen LogP contribution in [0.4, 0.5) is 15.5 Å². The van der Waals surface area contributed by atoms with Crippen molar-refractivity contribution >= 4 is 81.2 Å². The van der Waals surface area contributed by atoms with E-state index in [2.05, 4.69) is 16.0 Å². The van der Waals surface area contributed by atoms with Crippen LogP contribution < -0.4 is 16.0 Å². The lowest BCUT2D eigenvalue weighted by atomic mass is 10.0. The fraction of sp³-hybridized carbons (Fsp3) is 0.237. The van der Waals surface area contributed by atoms with E-state index in [4.69, 9.17) is 21.1 Å². The number of esters is 1. The summed E-state index contributed by atoms with van der Waals surface area (Å²) in [5.41, 5.74) is 1.88. The van der Waals surface area contributed by atoms with Gasteiger partial charge in [-0.3, -0.25) is 14.4 Å². The Morgan fingerprint density at radius 2 is 1.69 bits per heavy atom. The predicted octanol–water partition coefficient (Wildman–Crippen LogP) is 7.62. The molecule has 3 N–H and O–H groups in total. The summed E-state index contributed by atoms with van der Waals surface area (Å²) in [5.74, 6) is -1.93. The first-order valence-electron chi connectivity index (χ1n) is 16.2. The molecular formula is C38H37ClN4O7S2. The molecule has 14 heteroatoms. The number of carbonyl (C=O) groups is 5. The Balaban J connectivity index is 1.25. The van der Waals surface area contributed by atoms with Gasteiger partial charge in [-0.25, -0.2) is 9.59 Å². The van der Waals surface area contributed by atoms with Gasteiger partial charge >= 0.3 is 12.1 Å². The molecule has 0 aliphatic carbocycles. The van der Waals surface area contributed by atoms with Crippen LogP contribution in [0.25, 0.3) is 6.08 Å². The zero-order chi connectivity index (χ0) is 37.4. The summed E-state index contributed by atoms with van der Waals surface area (Å²) >= 11 is 8.49. The topological polar surface area (TPSA) is 143 Å². The SMILES string of the molecule is COC(=O)c1c(NC(=O)CSc2cccc(NC(=O)/C(=C\c3ccc(Cl)cc3)NC(=O)c3ccccc3)c2)sc2c1CCN(C(=O)OC(C)(C)C)C2. The van der Waals surface area contributed by atoms with E-state index >= 15 is 0 Å². The first kappa shape index (κ1) is 38.1. The minimum Gasteiger partial charge on any atom is -0.465 e. The van der Waals surface area contributed by atoms with Crippen LogP contribution >= 0.6 is 34.7 Å². The van der Waals surface area contributed by atoms with Crippen molar-refractivity contribution in [3.05, 3.63) is 117 Å². The lowest BCUT2D eigenvalue weighted by molar-refractivity contribution is -0.114. The van der Waals surface area contributed by atoms with Crippen LogP contribution in [0.15, 0.2) is 89.5 Å². The van der Waals surface area contributed by atoms with Gasteiger partial charge in [0.05, 0.1) is 25.0 Å². The molecule has 1 aliphatic rings. The number of nitrogens with one attached hydrogen (secondary N) is 3. The minimum atomic E-state index is -0.649. The number of anilines is 2. The Kier molecular flexibility index (Phi) is 12.4. The van der Waals surface area contributed by atoms with Crippen LogP contribution in [0.3, 0.4) is 0 Å². The predicted molar refractivity (Wildman–Crippen MR) is 204 cm³/mol. The Hall–Kier alpha value is -5.11. The Bertz CT molecular complexity index is 2010. The van der Waals surface area contributed by atoms with Gasteiger partial charge in [-0.15, -0.1) is 23.1 Å². The monoisotopic (exact) mass is 760 g/mol. The summed E-state index contributed by atoms with van der Waals surface area (Å²) in [6.45, 7) is 5.99. The number of amides is 4. The van der Waals surface area contributed by atoms with Crippen LogP contribution in [0.5, 0.6) is 0 Å². The first-order valence-corrected chi connectivity index (χ1v) is 18.4. The zero-order valence-electron chi connectivity index (χ0n) is 28.9. The van der Waals surface area contributed by atoms with Crippen LogP contribution in [-0.4, -0.2) is 59.7 Å². The highest BCUT2D eigenvalue weighted by atomic mass is 35.5. The van der Waals surface area contributed by atoms with E-state index in [1.54, 1.807) is 111 Å². The van der Waals surface area contributed by atoms with Gasteiger partial charge in [0, 0.05) is 32.6 Å². The van der Waals surface area contributed by atoms with Crippen molar-refractivity contribution in [3.8, 4) is 0 Å². The first-order chi connectivity index (χ1) is 24.8. The summed E-state index contributed by atoms with van der Waals surface area (Å²) in [6.07, 6.45) is 1.51. The standard InChI is InChI=1S/C38H37ClN4O7S2/c1-38(2,3)50-37(48)43-18-17-28-30(21-43)52-35(32(28)36(47)49-4)42-31(44)22-51-27-12-8-11-26(20-27)40-34(46)29(19-23-13-15-25(39)16-14-23)41-33(45)24-9-6-5-7-10-24/h5-16,19-20H,17-18,21-22H2,1-4H3,(H,40,46)(H,41,45)(H,42,44)/b29-19+. The van der Waals surface area contributed by atoms with E-state index in [1.165, 1.54) is 30.2 Å². The highest BCUT2D eigenvalue weighted by molar-refractivity contribution is 8.00. The van der Waals surface area contributed by atoms with Crippen LogP contribution in [0, 0.1) is 0 Å². The van der Waals surface area contributed by atoms with Crippen LogP contribution in [-0.2, 0) is 32.0 Å². The molecule has 0 atom stereocenters. The van der Waals surface area contributed by atoms with E-state index in [0.717, 1.165) is 10.4 Å². The molecule has 3 aromatic carbocycles. The highest BCUT2D eigenvalue weighted by Gasteiger charge is 2.32. The van der Waals surface area contributed by atoms with Gasteiger partial charge in [0.1, 0.15) is 16.3 Å². The number of hydrogen-bond donors (Lipinski definition) is 3. The summed E-state index contributed by atoms with van der Waals surface area (Å²) < 4.78 is 10.6. The summed E-state index contributed by atoms with van der Waals surface area (Å²) in [6, 6.07) is 22.3. The van der Waals surface area contributed by atoms with Crippen molar-refractivity contribution in [2.75, 3.05) is 30.0 Å². The molecule has 0 fully saturated rings. The van der Waals surface area contributed by atoms with Gasteiger partial charge in [0.15, 0.2) is 0 Å². The number of methoxy groups -OCH3 is 1. The third-order valence-electron chi connectivity index (χ3n) is 7.52. The smallest absolute Gasteiger partial charge is 0.410 e. The molecule has 4 aromatic rings. The Morgan fingerprint density at radius 3 is 2.38 bits per heavy atom. The largest absolute Gasteiger partial charge is 0.465 e. The maximum absolute atomic E-state index is 13.5. The third kappa shape index (κ3) is 10.2. The van der Waals surface area contributed by atoms with E-state index in [1.807, 2.05) is 0 Å². The van der Waals surface area contributed by atoms with Crippen LogP contribution in [0.1, 0.15) is 57.5 Å². The van der Waals surface area contributed by atoms with E-state index < -0.39 is 29.5 Å². The molecule has 1 aromatic heterocycles. The number of hydrogen-bond acceptors (Lipinski definition) is 9. The minimum absolute atomic E-state index is 0.000531. The summed E-state index contributed by atoms with van der Waals surface area (Å²) in [5, 5.41) is 9.27. The molecule has 270 valence electrons. The molecule has 0 saturated heterocycles. The number of thiophene rings is 1. The quantitative estimate of drug-likeness (QED) is 0.0852. The molecule has 1 aliphatic heterocycles. The van der Waals surface area contributed by atoms with Crippen molar-refractivity contribution in [2.45, 2.75) is 44.2 Å². The van der Waals surface area contributed by atoms with Crippen LogP contribution in [0.2, 0.25) is 5.02 Å². The molecule has 52 heavy (non-hydrogen) atoms. The second kappa shape index (κ2) is 16.9. The molecular weight excluding hydrogens is 724 g/mol. The lowest BCUT2D eigenvalue weighted by Crippen LogP contribution is -2.39. The molecule has 2 heterocycles. The van der Waals surface area contributed by atoms with E-state index in [0.29, 0.717) is 44.7 Å².